The van der Waals surface area contributed by atoms with Crippen LogP contribution in [0.1, 0.15) is 25.3 Å². The van der Waals surface area contributed by atoms with Gasteiger partial charge in [-0.2, -0.15) is 4.31 Å². The second-order valence-corrected chi connectivity index (χ2v) is 9.83. The molecule has 0 aromatic heterocycles. The summed E-state index contributed by atoms with van der Waals surface area (Å²) in [4.78, 5) is 24.7. The van der Waals surface area contributed by atoms with Gasteiger partial charge in [0.2, 0.25) is 15.9 Å². The van der Waals surface area contributed by atoms with Crippen LogP contribution >= 0.6 is 0 Å². The van der Waals surface area contributed by atoms with Gasteiger partial charge < -0.3 is 15.4 Å². The molecule has 2 aromatic rings. The molecule has 164 valence electrons. The fourth-order valence-corrected chi connectivity index (χ4v) is 5.65. The Morgan fingerprint density at radius 2 is 1.97 bits per heavy atom. The number of anilines is 2. The molecule has 31 heavy (non-hydrogen) atoms. The molecule has 0 unspecified atom stereocenters. The lowest BCUT2D eigenvalue weighted by atomic mass is 9.99. The van der Waals surface area contributed by atoms with Gasteiger partial charge in [-0.05, 0) is 50.5 Å². The van der Waals surface area contributed by atoms with E-state index in [0.29, 0.717) is 42.1 Å². The molecule has 0 aliphatic carbocycles. The number of carbonyl (C=O) groups is 2. The number of aryl methyl sites for hydroxylation is 1. The van der Waals surface area contributed by atoms with Crippen molar-refractivity contribution in [2.45, 2.75) is 37.7 Å². The van der Waals surface area contributed by atoms with Gasteiger partial charge in [0.25, 0.3) is 5.91 Å². The number of nitrogens with one attached hydrogen (secondary N) is 2. The minimum Gasteiger partial charge on any atom is -0.479 e. The molecule has 0 bridgehead atoms. The van der Waals surface area contributed by atoms with Crippen molar-refractivity contribution in [3.8, 4) is 5.75 Å². The summed E-state index contributed by atoms with van der Waals surface area (Å²) in [6, 6.07) is 12.2. The van der Waals surface area contributed by atoms with Crippen molar-refractivity contribution in [1.29, 1.82) is 0 Å². The molecule has 8 nitrogen and oxygen atoms in total. The van der Waals surface area contributed by atoms with Gasteiger partial charge in [0.05, 0.1) is 16.5 Å². The highest BCUT2D eigenvalue weighted by molar-refractivity contribution is 7.89. The van der Waals surface area contributed by atoms with E-state index in [-0.39, 0.29) is 23.3 Å². The second kappa shape index (κ2) is 8.32. The molecule has 2 aliphatic heterocycles. The van der Waals surface area contributed by atoms with Gasteiger partial charge >= 0.3 is 0 Å². The summed E-state index contributed by atoms with van der Waals surface area (Å²) < 4.78 is 33.8. The molecule has 2 atom stereocenters. The molecule has 0 spiro atoms. The van der Waals surface area contributed by atoms with Crippen molar-refractivity contribution < 1.29 is 22.7 Å². The van der Waals surface area contributed by atoms with Crippen molar-refractivity contribution in [3.05, 3.63) is 48.0 Å². The van der Waals surface area contributed by atoms with Gasteiger partial charge in [0.15, 0.2) is 6.10 Å². The highest BCUT2D eigenvalue weighted by atomic mass is 32.2. The fraction of sp³-hybridized carbons (Fsp3) is 0.364. The third-order valence-corrected chi connectivity index (χ3v) is 7.63. The zero-order chi connectivity index (χ0) is 22.2. The number of nitrogens with zero attached hydrogens (tertiary/aromatic N) is 1. The van der Waals surface area contributed by atoms with Crippen LogP contribution in [-0.4, -0.2) is 43.7 Å². The van der Waals surface area contributed by atoms with Crippen molar-refractivity contribution >= 4 is 33.2 Å². The van der Waals surface area contributed by atoms with Gasteiger partial charge in [-0.25, -0.2) is 8.42 Å². The lowest BCUT2D eigenvalue weighted by molar-refractivity contribution is -0.123. The molecule has 2 N–H and O–H groups in total. The number of piperidine rings is 1. The standard InChI is InChI=1S/C22H25N3O5S/c1-14-11-18-19(30-15(2)21(26)24-18)12-20(14)31(28,29)25-10-6-7-16(13-25)22(27)23-17-8-4-3-5-9-17/h3-5,8-9,11-12,15-16H,6-7,10,13H2,1-2H3,(H,23,27)(H,24,26)/t15-,16-/m1/s1. The minimum atomic E-state index is -3.84. The smallest absolute Gasteiger partial charge is 0.265 e. The Kier molecular flexibility index (Phi) is 5.72. The maximum absolute atomic E-state index is 13.4. The van der Waals surface area contributed by atoms with Crippen molar-refractivity contribution in [2.24, 2.45) is 5.92 Å². The Morgan fingerprint density at radius 1 is 1.23 bits per heavy atom. The largest absolute Gasteiger partial charge is 0.479 e. The summed E-state index contributed by atoms with van der Waals surface area (Å²) in [6.45, 7) is 3.75. The molecule has 2 aliphatic rings. The molecule has 9 heteroatoms. The first-order chi connectivity index (χ1) is 14.8. The first-order valence-corrected chi connectivity index (χ1v) is 11.7. The summed E-state index contributed by atoms with van der Waals surface area (Å²) in [5.74, 6) is -0.567. The predicted octanol–water partition coefficient (Wildman–Crippen LogP) is 2.75. The number of ether oxygens (including phenoxy) is 1. The van der Waals surface area contributed by atoms with Crippen molar-refractivity contribution in [2.75, 3.05) is 23.7 Å². The monoisotopic (exact) mass is 443 g/mol. The highest BCUT2D eigenvalue weighted by Crippen LogP contribution is 2.36. The van der Waals surface area contributed by atoms with E-state index in [0.717, 1.165) is 0 Å². The third-order valence-electron chi connectivity index (χ3n) is 5.62. The maximum Gasteiger partial charge on any atom is 0.265 e. The SMILES string of the molecule is Cc1cc2c(cc1S(=O)(=O)N1CCC[C@@H](C(=O)Nc3ccccc3)C1)O[C@H](C)C(=O)N2. The van der Waals surface area contributed by atoms with Crippen LogP contribution < -0.4 is 15.4 Å². The molecule has 0 saturated carbocycles. The Morgan fingerprint density at radius 3 is 2.71 bits per heavy atom. The number of benzene rings is 2. The Hall–Kier alpha value is -2.91. The van der Waals surface area contributed by atoms with E-state index in [4.69, 9.17) is 4.74 Å². The first-order valence-electron chi connectivity index (χ1n) is 10.2. The summed E-state index contributed by atoms with van der Waals surface area (Å²) in [6.07, 6.45) is 0.520. The topological polar surface area (TPSA) is 105 Å². The van der Waals surface area contributed by atoms with Gasteiger partial charge in [-0.1, -0.05) is 18.2 Å². The lowest BCUT2D eigenvalue weighted by Gasteiger charge is -2.32. The second-order valence-electron chi connectivity index (χ2n) is 7.92. The van der Waals surface area contributed by atoms with Crippen LogP contribution in [0.2, 0.25) is 0 Å². The van der Waals surface area contributed by atoms with Gasteiger partial charge in [-0.3, -0.25) is 9.59 Å². The zero-order valence-electron chi connectivity index (χ0n) is 17.4. The van der Waals surface area contributed by atoms with E-state index in [2.05, 4.69) is 10.6 Å². The number of para-hydroxylation sites is 1. The van der Waals surface area contributed by atoms with Gasteiger partial charge in [0.1, 0.15) is 5.75 Å². The molecular formula is C22H25N3O5S. The Balaban J connectivity index is 1.55. The zero-order valence-corrected chi connectivity index (χ0v) is 18.2. The van der Waals surface area contributed by atoms with Crippen LogP contribution in [0.3, 0.4) is 0 Å². The van der Waals surface area contributed by atoms with Crippen LogP contribution in [0, 0.1) is 12.8 Å². The number of hydrogen-bond donors (Lipinski definition) is 2. The van der Waals surface area contributed by atoms with Crippen LogP contribution in [-0.2, 0) is 19.6 Å². The number of sulfonamides is 1. The lowest BCUT2D eigenvalue weighted by Crippen LogP contribution is -2.44. The molecule has 4 rings (SSSR count). The molecule has 2 amide bonds. The fourth-order valence-electron chi connectivity index (χ4n) is 3.90. The molecule has 1 fully saturated rings. The summed E-state index contributed by atoms with van der Waals surface area (Å²) in [5.41, 5.74) is 1.65. The predicted molar refractivity (Wildman–Crippen MR) is 116 cm³/mol. The van der Waals surface area contributed by atoms with Crippen LogP contribution in [0.15, 0.2) is 47.4 Å². The Bertz CT molecular complexity index is 1120. The van der Waals surface area contributed by atoms with Crippen molar-refractivity contribution in [1.82, 2.24) is 4.31 Å². The van der Waals surface area contributed by atoms with E-state index in [1.165, 1.54) is 10.4 Å². The van der Waals surface area contributed by atoms with E-state index >= 15 is 0 Å². The van der Waals surface area contributed by atoms with Crippen molar-refractivity contribution in [3.63, 3.8) is 0 Å². The minimum absolute atomic E-state index is 0.117. The average molecular weight is 444 g/mol. The number of rotatable bonds is 4. The van der Waals surface area contributed by atoms with Gasteiger partial charge in [0, 0.05) is 24.8 Å². The van der Waals surface area contributed by atoms with Crippen LogP contribution in [0.25, 0.3) is 0 Å². The average Bonchev–Trinajstić information content (AvgIpc) is 2.75. The molecular weight excluding hydrogens is 418 g/mol. The van der Waals surface area contributed by atoms with E-state index < -0.39 is 22.0 Å². The highest BCUT2D eigenvalue weighted by Gasteiger charge is 2.35. The molecule has 0 radical (unpaired) electrons. The summed E-state index contributed by atoms with van der Waals surface area (Å²) in [5, 5.41) is 5.59. The molecule has 2 aromatic carbocycles. The maximum atomic E-state index is 13.4. The van der Waals surface area contributed by atoms with Gasteiger partial charge in [-0.15, -0.1) is 0 Å². The van der Waals surface area contributed by atoms with E-state index in [9.17, 15) is 18.0 Å². The quantitative estimate of drug-likeness (QED) is 0.756. The molecule has 2 heterocycles. The normalized spacial score (nSPS) is 21.5. The van der Waals surface area contributed by atoms with E-state index in [1.807, 2.05) is 18.2 Å². The first kappa shape index (κ1) is 21.3. The number of amides is 2. The number of hydrogen-bond acceptors (Lipinski definition) is 5. The van der Waals surface area contributed by atoms with E-state index in [1.54, 1.807) is 32.0 Å². The number of carbonyl (C=O) groups excluding carboxylic acids is 2. The Labute approximate surface area is 181 Å². The summed E-state index contributed by atoms with van der Waals surface area (Å²) >= 11 is 0. The molecule has 1 saturated heterocycles. The van der Waals surface area contributed by atoms with Crippen LogP contribution in [0.5, 0.6) is 5.75 Å². The third kappa shape index (κ3) is 4.28. The summed E-state index contributed by atoms with van der Waals surface area (Å²) in [7, 11) is -3.84. The number of fused-ring (bicyclic) bond motifs is 1. The van der Waals surface area contributed by atoms with Crippen LogP contribution in [0.4, 0.5) is 11.4 Å².